The van der Waals surface area contributed by atoms with Gasteiger partial charge in [0.1, 0.15) is 5.75 Å². The molecule has 0 radical (unpaired) electrons. The van der Waals surface area contributed by atoms with E-state index in [1.165, 1.54) is 0 Å². The molecule has 2 rings (SSSR count). The number of carbonyl (C=O) groups is 1. The molecule has 1 aromatic heterocycles. The molecule has 2 aromatic rings. The van der Waals surface area contributed by atoms with E-state index in [-0.39, 0.29) is 5.69 Å². The zero-order valence-electron chi connectivity index (χ0n) is 11.3. The first kappa shape index (κ1) is 14.3. The summed E-state index contributed by atoms with van der Waals surface area (Å²) < 4.78 is 11.9. The van der Waals surface area contributed by atoms with Crippen LogP contribution < -0.4 is 4.74 Å². The lowest BCUT2D eigenvalue weighted by Crippen LogP contribution is -2.06. The van der Waals surface area contributed by atoms with Gasteiger partial charge in [-0.2, -0.15) is 0 Å². The topological polar surface area (TPSA) is 69.1 Å². The lowest BCUT2D eigenvalue weighted by atomic mass is 10.2. The highest BCUT2D eigenvalue weighted by Crippen LogP contribution is 2.12. The first-order chi connectivity index (χ1) is 9.65. The molecule has 7 heteroatoms. The molecule has 1 aromatic carbocycles. The lowest BCUT2D eigenvalue weighted by molar-refractivity contribution is 0.0518. The van der Waals surface area contributed by atoms with Gasteiger partial charge in [0, 0.05) is 0 Å². The van der Waals surface area contributed by atoms with E-state index in [2.05, 4.69) is 10.3 Å². The van der Waals surface area contributed by atoms with Gasteiger partial charge in [0.25, 0.3) is 0 Å². The monoisotopic (exact) mass is 293 g/mol. The summed E-state index contributed by atoms with van der Waals surface area (Å²) in [6.45, 7) is 2.52. The number of hydrogen-bond acceptors (Lipinski definition) is 5. The van der Waals surface area contributed by atoms with Gasteiger partial charge >= 0.3 is 5.97 Å². The van der Waals surface area contributed by atoms with Gasteiger partial charge in [0.2, 0.25) is 5.69 Å². The van der Waals surface area contributed by atoms with Crippen molar-refractivity contribution < 1.29 is 14.3 Å². The number of nitrogens with one attached hydrogen (secondary N) is 1. The third-order valence-corrected chi connectivity index (χ3v) is 3.11. The van der Waals surface area contributed by atoms with Crippen molar-refractivity contribution in [2.75, 3.05) is 13.7 Å². The number of ether oxygens (including phenoxy) is 2. The first-order valence-electron chi connectivity index (χ1n) is 6.11. The van der Waals surface area contributed by atoms with Crippen LogP contribution in [-0.4, -0.2) is 34.7 Å². The van der Waals surface area contributed by atoms with Crippen molar-refractivity contribution >= 4 is 18.2 Å². The van der Waals surface area contributed by atoms with Gasteiger partial charge < -0.3 is 9.47 Å². The van der Waals surface area contributed by atoms with Crippen LogP contribution in [0.4, 0.5) is 0 Å². The number of carbonyl (C=O) groups excluding carboxylic acids is 1. The van der Waals surface area contributed by atoms with Gasteiger partial charge in [-0.3, -0.25) is 4.68 Å². The molecule has 0 saturated carbocycles. The number of benzene rings is 1. The maximum atomic E-state index is 11.6. The van der Waals surface area contributed by atoms with Crippen molar-refractivity contribution in [3.63, 3.8) is 0 Å². The second-order valence-electron chi connectivity index (χ2n) is 4.02. The molecule has 0 aliphatic rings. The molecule has 0 spiro atoms. The largest absolute Gasteiger partial charge is 0.497 e. The maximum absolute atomic E-state index is 11.6. The number of nitrogens with zero attached hydrogens (tertiary/aromatic N) is 2. The maximum Gasteiger partial charge on any atom is 0.362 e. The quantitative estimate of drug-likeness (QED) is 0.676. The summed E-state index contributed by atoms with van der Waals surface area (Å²) in [5.41, 5.74) is 1.15. The van der Waals surface area contributed by atoms with E-state index in [0.29, 0.717) is 17.8 Å². The minimum absolute atomic E-state index is 0.135. The molecular formula is C13H15N3O3S. The standard InChI is InChI=1S/C13H15N3O3S/c1-3-19-13(17)11-12(20)16(15-14-11)8-9-4-6-10(18-2)7-5-9/h4-7,15H,3,8H2,1-2H3. The van der Waals surface area contributed by atoms with Crippen LogP contribution in [0, 0.1) is 4.64 Å². The van der Waals surface area contributed by atoms with Crippen molar-refractivity contribution in [1.82, 2.24) is 15.0 Å². The van der Waals surface area contributed by atoms with E-state index >= 15 is 0 Å². The van der Waals surface area contributed by atoms with E-state index in [9.17, 15) is 4.79 Å². The van der Waals surface area contributed by atoms with Gasteiger partial charge in [-0.15, -0.1) is 5.10 Å². The summed E-state index contributed by atoms with van der Waals surface area (Å²) in [5, 5.41) is 6.62. The van der Waals surface area contributed by atoms with Gasteiger partial charge in [-0.05, 0) is 24.6 Å². The highest BCUT2D eigenvalue weighted by atomic mass is 32.1. The summed E-state index contributed by atoms with van der Waals surface area (Å²) in [5.74, 6) is 0.274. The van der Waals surface area contributed by atoms with Crippen molar-refractivity contribution in [2.24, 2.45) is 0 Å². The smallest absolute Gasteiger partial charge is 0.362 e. The Kier molecular flexibility index (Phi) is 4.52. The van der Waals surface area contributed by atoms with Crippen LogP contribution in [-0.2, 0) is 11.3 Å². The number of aromatic amines is 1. The number of rotatable bonds is 5. The number of methoxy groups -OCH3 is 1. The third kappa shape index (κ3) is 3.05. The summed E-state index contributed by atoms with van der Waals surface area (Å²) in [6.07, 6.45) is 0. The molecule has 0 unspecified atom stereocenters. The first-order valence-corrected chi connectivity index (χ1v) is 6.51. The molecular weight excluding hydrogens is 278 g/mol. The highest BCUT2D eigenvalue weighted by Gasteiger charge is 2.14. The van der Waals surface area contributed by atoms with E-state index in [1.54, 1.807) is 18.7 Å². The second kappa shape index (κ2) is 6.33. The fourth-order valence-corrected chi connectivity index (χ4v) is 1.92. The summed E-state index contributed by atoms with van der Waals surface area (Å²) in [4.78, 5) is 11.6. The minimum Gasteiger partial charge on any atom is -0.497 e. The number of aromatic nitrogens is 3. The molecule has 1 N–H and O–H groups in total. The van der Waals surface area contributed by atoms with Crippen LogP contribution >= 0.6 is 12.2 Å². The zero-order valence-corrected chi connectivity index (χ0v) is 12.1. The Bertz CT molecular complexity index is 646. The summed E-state index contributed by atoms with van der Waals surface area (Å²) in [6, 6.07) is 7.57. The molecule has 0 atom stereocenters. The van der Waals surface area contributed by atoms with Crippen LogP contribution in [0.5, 0.6) is 5.75 Å². The molecule has 6 nitrogen and oxygen atoms in total. The zero-order chi connectivity index (χ0) is 14.5. The van der Waals surface area contributed by atoms with Crippen LogP contribution in [0.25, 0.3) is 0 Å². The van der Waals surface area contributed by atoms with Gasteiger partial charge in [-0.25, -0.2) is 10.0 Å². The van der Waals surface area contributed by atoms with Crippen LogP contribution in [0.2, 0.25) is 0 Å². The van der Waals surface area contributed by atoms with Crippen molar-refractivity contribution in [3.05, 3.63) is 40.2 Å². The minimum atomic E-state index is -0.512. The third-order valence-electron chi connectivity index (χ3n) is 2.70. The molecule has 0 fully saturated rings. The Morgan fingerprint density at radius 2 is 2.10 bits per heavy atom. The van der Waals surface area contributed by atoms with Crippen LogP contribution in [0.1, 0.15) is 23.0 Å². The molecule has 0 bridgehead atoms. The average Bonchev–Trinajstić information content (AvgIpc) is 2.81. The SMILES string of the molecule is CCOC(=O)c1n[nH]n(Cc2ccc(OC)cc2)c1=S. The Labute approximate surface area is 121 Å². The van der Waals surface area contributed by atoms with Gasteiger partial charge in [-0.1, -0.05) is 24.4 Å². The molecule has 0 aliphatic carbocycles. The predicted molar refractivity (Wildman–Crippen MR) is 75.5 cm³/mol. The van der Waals surface area contributed by atoms with Gasteiger partial charge in [0.15, 0.2) is 4.64 Å². The summed E-state index contributed by atoms with van der Waals surface area (Å²) >= 11 is 5.21. The molecule has 1 heterocycles. The Balaban J connectivity index is 2.17. The summed E-state index contributed by atoms with van der Waals surface area (Å²) in [7, 11) is 1.62. The van der Waals surface area contributed by atoms with E-state index in [1.807, 2.05) is 24.3 Å². The second-order valence-corrected chi connectivity index (χ2v) is 4.41. The van der Waals surface area contributed by atoms with Gasteiger partial charge in [0.05, 0.1) is 20.3 Å². The number of H-pyrrole nitrogens is 1. The fraction of sp³-hybridized carbons (Fsp3) is 0.308. The Morgan fingerprint density at radius 3 is 2.70 bits per heavy atom. The Morgan fingerprint density at radius 1 is 1.40 bits per heavy atom. The highest BCUT2D eigenvalue weighted by molar-refractivity contribution is 7.71. The fourth-order valence-electron chi connectivity index (χ4n) is 1.68. The lowest BCUT2D eigenvalue weighted by Gasteiger charge is -2.04. The number of esters is 1. The van der Waals surface area contributed by atoms with E-state index in [4.69, 9.17) is 21.7 Å². The van der Waals surface area contributed by atoms with Crippen LogP contribution in [0.3, 0.4) is 0 Å². The normalized spacial score (nSPS) is 10.3. The van der Waals surface area contributed by atoms with Crippen molar-refractivity contribution in [3.8, 4) is 5.75 Å². The van der Waals surface area contributed by atoms with E-state index < -0.39 is 5.97 Å². The van der Waals surface area contributed by atoms with Crippen LogP contribution in [0.15, 0.2) is 24.3 Å². The Hall–Kier alpha value is -2.15. The molecule has 0 amide bonds. The molecule has 0 saturated heterocycles. The molecule has 20 heavy (non-hydrogen) atoms. The average molecular weight is 293 g/mol. The molecule has 106 valence electrons. The molecule has 0 aliphatic heterocycles. The number of hydrogen-bond donors (Lipinski definition) is 1. The van der Waals surface area contributed by atoms with Crippen molar-refractivity contribution in [1.29, 1.82) is 0 Å². The predicted octanol–water partition coefficient (Wildman–Crippen LogP) is 2.17. The van der Waals surface area contributed by atoms with E-state index in [0.717, 1.165) is 11.3 Å². The van der Waals surface area contributed by atoms with Crippen molar-refractivity contribution in [2.45, 2.75) is 13.5 Å².